The Morgan fingerprint density at radius 3 is 2.52 bits per heavy atom. The quantitative estimate of drug-likeness (QED) is 0.885. The summed E-state index contributed by atoms with van der Waals surface area (Å²) < 4.78 is 0. The van der Waals surface area contributed by atoms with Crippen molar-refractivity contribution >= 4 is 42.2 Å². The van der Waals surface area contributed by atoms with Crippen LogP contribution in [0.15, 0.2) is 48.7 Å². The first kappa shape index (κ1) is 21.2. The van der Waals surface area contributed by atoms with Crippen LogP contribution in [0.1, 0.15) is 17.3 Å². The van der Waals surface area contributed by atoms with Crippen molar-refractivity contribution in [1.82, 2.24) is 15.2 Å². The minimum Gasteiger partial charge on any atom is -0.333 e. The number of nitrogens with one attached hydrogen (secondary N) is 1. The summed E-state index contributed by atoms with van der Waals surface area (Å²) in [4.78, 5) is 21.0. The molecule has 0 unspecified atom stereocenters. The van der Waals surface area contributed by atoms with Gasteiger partial charge in [-0.05, 0) is 31.2 Å². The normalized spacial score (nSPS) is 16.4. The van der Waals surface area contributed by atoms with Crippen LogP contribution in [0.5, 0.6) is 0 Å². The smallest absolute Gasteiger partial charge is 0.255 e. The molecule has 5 nitrogen and oxygen atoms in total. The molecule has 1 N–H and O–H groups in total. The first-order valence-corrected chi connectivity index (χ1v) is 7.93. The van der Waals surface area contributed by atoms with Crippen LogP contribution in [0.3, 0.4) is 0 Å². The number of benzene rings is 1. The van der Waals surface area contributed by atoms with Gasteiger partial charge < -0.3 is 15.1 Å². The second-order valence-corrected chi connectivity index (χ2v) is 5.85. The summed E-state index contributed by atoms with van der Waals surface area (Å²) in [6.45, 7) is 4.49. The average Bonchev–Trinajstić information content (AvgIpc) is 2.62. The van der Waals surface area contributed by atoms with Gasteiger partial charge in [-0.3, -0.25) is 4.79 Å². The number of piperazine rings is 1. The highest BCUT2D eigenvalue weighted by Crippen LogP contribution is 2.21. The van der Waals surface area contributed by atoms with Crippen molar-refractivity contribution in [3.05, 3.63) is 54.2 Å². The van der Waals surface area contributed by atoms with Crippen molar-refractivity contribution in [3.63, 3.8) is 0 Å². The Balaban J connectivity index is 0.00000156. The topological polar surface area (TPSA) is 48.5 Å². The fraction of sp³-hybridized carbons (Fsp3) is 0.333. The zero-order valence-electron chi connectivity index (χ0n) is 14.4. The molecule has 0 radical (unpaired) electrons. The fourth-order valence-corrected chi connectivity index (χ4v) is 2.80. The van der Waals surface area contributed by atoms with Crippen molar-refractivity contribution < 1.29 is 4.79 Å². The van der Waals surface area contributed by atoms with Crippen molar-refractivity contribution in [2.75, 3.05) is 31.6 Å². The molecule has 3 rings (SSSR count). The summed E-state index contributed by atoms with van der Waals surface area (Å²) in [6.07, 6.45) is 1.67. The number of hydrogen-bond donors (Lipinski definition) is 1. The fourth-order valence-electron chi connectivity index (χ4n) is 2.80. The van der Waals surface area contributed by atoms with E-state index in [2.05, 4.69) is 17.2 Å². The molecular weight excluding hydrogens is 359 g/mol. The maximum absolute atomic E-state index is 12.6. The Kier molecular flexibility index (Phi) is 8.16. The molecular formula is C18H24Cl2N4O. The van der Waals surface area contributed by atoms with Crippen LogP contribution in [0.4, 0.5) is 11.5 Å². The predicted molar refractivity (Wildman–Crippen MR) is 107 cm³/mol. The molecule has 1 aliphatic rings. The van der Waals surface area contributed by atoms with E-state index in [-0.39, 0.29) is 36.8 Å². The first-order chi connectivity index (χ1) is 11.2. The van der Waals surface area contributed by atoms with Crippen LogP contribution in [0.25, 0.3) is 0 Å². The van der Waals surface area contributed by atoms with Gasteiger partial charge in [0.25, 0.3) is 5.91 Å². The third-order valence-corrected chi connectivity index (χ3v) is 4.24. The maximum Gasteiger partial charge on any atom is 0.255 e. The molecule has 1 fully saturated rings. The van der Waals surface area contributed by atoms with Gasteiger partial charge >= 0.3 is 0 Å². The van der Waals surface area contributed by atoms with E-state index in [1.54, 1.807) is 6.20 Å². The molecule has 136 valence electrons. The first-order valence-electron chi connectivity index (χ1n) is 7.93. The molecule has 1 amide bonds. The van der Waals surface area contributed by atoms with Gasteiger partial charge in [-0.1, -0.05) is 18.2 Å². The lowest BCUT2D eigenvalue weighted by atomic mass is 10.1. The van der Waals surface area contributed by atoms with Gasteiger partial charge in [0.2, 0.25) is 0 Å². The summed E-state index contributed by atoms with van der Waals surface area (Å²) in [5, 5.41) is 3.30. The van der Waals surface area contributed by atoms with Crippen LogP contribution in [0, 0.1) is 0 Å². The van der Waals surface area contributed by atoms with E-state index in [1.807, 2.05) is 59.3 Å². The lowest BCUT2D eigenvalue weighted by Gasteiger charge is -2.34. The van der Waals surface area contributed by atoms with E-state index in [1.165, 1.54) is 0 Å². The number of carbonyl (C=O) groups excluding carboxylic acids is 1. The number of amides is 1. The van der Waals surface area contributed by atoms with Gasteiger partial charge in [0, 0.05) is 44.6 Å². The highest BCUT2D eigenvalue weighted by atomic mass is 35.5. The van der Waals surface area contributed by atoms with Crippen LogP contribution in [-0.2, 0) is 0 Å². The summed E-state index contributed by atoms with van der Waals surface area (Å²) in [7, 11) is 1.97. The minimum absolute atomic E-state index is 0. The molecule has 0 aliphatic carbocycles. The van der Waals surface area contributed by atoms with E-state index in [0.29, 0.717) is 5.56 Å². The number of carbonyl (C=O) groups is 1. The van der Waals surface area contributed by atoms with Crippen molar-refractivity contribution in [2.24, 2.45) is 0 Å². The summed E-state index contributed by atoms with van der Waals surface area (Å²) in [6, 6.07) is 14.0. The summed E-state index contributed by atoms with van der Waals surface area (Å²) >= 11 is 0. The van der Waals surface area contributed by atoms with Gasteiger partial charge in [-0.25, -0.2) is 4.98 Å². The number of anilines is 2. The monoisotopic (exact) mass is 382 g/mol. The molecule has 0 saturated carbocycles. The molecule has 1 saturated heterocycles. The number of halogens is 2. The molecule has 1 aromatic heterocycles. The Morgan fingerprint density at radius 1 is 1.20 bits per heavy atom. The molecule has 2 aromatic rings. The second kappa shape index (κ2) is 9.61. The van der Waals surface area contributed by atoms with Crippen LogP contribution in [-0.4, -0.2) is 48.5 Å². The number of para-hydroxylation sites is 1. The van der Waals surface area contributed by atoms with Crippen LogP contribution in [0.2, 0.25) is 0 Å². The van der Waals surface area contributed by atoms with Crippen LogP contribution < -0.4 is 10.2 Å². The summed E-state index contributed by atoms with van der Waals surface area (Å²) in [5.74, 6) is 0.876. The minimum atomic E-state index is 0. The number of nitrogens with zero attached hydrogens (tertiary/aromatic N) is 3. The van der Waals surface area contributed by atoms with E-state index in [0.717, 1.165) is 31.1 Å². The van der Waals surface area contributed by atoms with Gasteiger partial charge in [-0.15, -0.1) is 24.8 Å². The Hall–Kier alpha value is -1.82. The third kappa shape index (κ3) is 4.84. The summed E-state index contributed by atoms with van der Waals surface area (Å²) in [5.41, 5.74) is 1.71. The molecule has 7 heteroatoms. The predicted octanol–water partition coefficient (Wildman–Crippen LogP) is 3.13. The molecule has 2 heterocycles. The standard InChI is InChI=1S/C18H22N4O.2ClH/c1-14-12-19-10-11-22(14)18(23)15-8-9-17(20-13-15)21(2)16-6-4-3-5-7-16;;/h3-9,13-14,19H,10-12H2,1-2H3;2*1H/t14-;;/m1../s1. The number of pyridine rings is 1. The van der Waals surface area contributed by atoms with Crippen LogP contribution >= 0.6 is 24.8 Å². The molecule has 1 aliphatic heterocycles. The number of rotatable bonds is 3. The Labute approximate surface area is 161 Å². The molecule has 1 aromatic carbocycles. The number of hydrogen-bond acceptors (Lipinski definition) is 4. The Bertz CT molecular complexity index is 667. The van der Waals surface area contributed by atoms with Crippen molar-refractivity contribution in [3.8, 4) is 0 Å². The highest BCUT2D eigenvalue weighted by molar-refractivity contribution is 5.94. The number of aromatic nitrogens is 1. The van der Waals surface area contributed by atoms with E-state index in [4.69, 9.17) is 0 Å². The van der Waals surface area contributed by atoms with Crippen molar-refractivity contribution in [2.45, 2.75) is 13.0 Å². The highest BCUT2D eigenvalue weighted by Gasteiger charge is 2.24. The van der Waals surface area contributed by atoms with Gasteiger partial charge in [0.05, 0.1) is 5.56 Å². The maximum atomic E-state index is 12.6. The van der Waals surface area contributed by atoms with Crippen molar-refractivity contribution in [1.29, 1.82) is 0 Å². The van der Waals surface area contributed by atoms with Gasteiger partial charge in [0.15, 0.2) is 0 Å². The third-order valence-electron chi connectivity index (χ3n) is 4.24. The zero-order valence-corrected chi connectivity index (χ0v) is 16.0. The van der Waals surface area contributed by atoms with Gasteiger partial charge in [-0.2, -0.15) is 0 Å². The van der Waals surface area contributed by atoms with Gasteiger partial charge in [0.1, 0.15) is 5.82 Å². The molecule has 0 bridgehead atoms. The Morgan fingerprint density at radius 2 is 1.92 bits per heavy atom. The zero-order chi connectivity index (χ0) is 16.2. The lowest BCUT2D eigenvalue weighted by molar-refractivity contribution is 0.0655. The lowest BCUT2D eigenvalue weighted by Crippen LogP contribution is -2.52. The average molecular weight is 383 g/mol. The molecule has 0 spiro atoms. The molecule has 25 heavy (non-hydrogen) atoms. The van der Waals surface area contributed by atoms with E-state index >= 15 is 0 Å². The SMILES string of the molecule is C[C@@H]1CNCCN1C(=O)c1ccc(N(C)c2ccccc2)nc1.Cl.Cl. The van der Waals surface area contributed by atoms with E-state index < -0.39 is 0 Å². The van der Waals surface area contributed by atoms with E-state index in [9.17, 15) is 4.79 Å². The largest absolute Gasteiger partial charge is 0.333 e. The molecule has 1 atom stereocenters. The second-order valence-electron chi connectivity index (χ2n) is 5.85.